The minimum absolute atomic E-state index is 0.203. The first-order chi connectivity index (χ1) is 12.7. The minimum Gasteiger partial charge on any atom is -0.497 e. The van der Waals surface area contributed by atoms with E-state index >= 15 is 0 Å². The molecule has 0 bridgehead atoms. The summed E-state index contributed by atoms with van der Waals surface area (Å²) in [4.78, 5) is 18.9. The van der Waals surface area contributed by atoms with Crippen molar-refractivity contribution in [3.63, 3.8) is 0 Å². The Morgan fingerprint density at radius 3 is 2.65 bits per heavy atom. The number of rotatable bonds is 7. The van der Waals surface area contributed by atoms with Gasteiger partial charge in [0.15, 0.2) is 5.16 Å². The van der Waals surface area contributed by atoms with E-state index in [0.29, 0.717) is 12.3 Å². The minimum atomic E-state index is 0.203. The van der Waals surface area contributed by atoms with Crippen molar-refractivity contribution in [2.75, 3.05) is 26.0 Å². The third-order valence-electron chi connectivity index (χ3n) is 4.55. The SMILES string of the molecule is C=CCn1c(-c2ccc(OC)cc2)cnc1SCC(=O)N1CCCCC1. The lowest BCUT2D eigenvalue weighted by Gasteiger charge is -2.26. The molecule has 0 aliphatic carbocycles. The number of amides is 1. The molecule has 1 aromatic heterocycles. The van der Waals surface area contributed by atoms with Crippen molar-refractivity contribution >= 4 is 17.7 Å². The highest BCUT2D eigenvalue weighted by Gasteiger charge is 2.18. The average molecular weight is 372 g/mol. The van der Waals surface area contributed by atoms with Gasteiger partial charge in [0, 0.05) is 25.2 Å². The molecule has 0 N–H and O–H groups in total. The second-order valence-corrected chi connectivity index (χ2v) is 7.23. The number of thioether (sulfide) groups is 1. The Kier molecular flexibility index (Phi) is 6.39. The van der Waals surface area contributed by atoms with E-state index in [4.69, 9.17) is 4.74 Å². The second-order valence-electron chi connectivity index (χ2n) is 6.28. The predicted octanol–water partition coefficient (Wildman–Crippen LogP) is 3.85. The molecule has 2 heterocycles. The summed E-state index contributed by atoms with van der Waals surface area (Å²) in [6.07, 6.45) is 7.17. The number of ether oxygens (including phenoxy) is 1. The van der Waals surface area contributed by atoms with E-state index in [-0.39, 0.29) is 5.91 Å². The molecular weight excluding hydrogens is 346 g/mol. The van der Waals surface area contributed by atoms with E-state index in [1.54, 1.807) is 7.11 Å². The average Bonchev–Trinajstić information content (AvgIpc) is 3.10. The molecule has 0 unspecified atom stereocenters. The van der Waals surface area contributed by atoms with Crippen LogP contribution in [0.1, 0.15) is 19.3 Å². The first kappa shape index (κ1) is 18.6. The fraction of sp³-hybridized carbons (Fsp3) is 0.400. The number of carbonyl (C=O) groups excluding carboxylic acids is 1. The third-order valence-corrected chi connectivity index (χ3v) is 5.53. The zero-order valence-electron chi connectivity index (χ0n) is 15.2. The molecule has 1 fully saturated rings. The number of piperidine rings is 1. The number of methoxy groups -OCH3 is 1. The summed E-state index contributed by atoms with van der Waals surface area (Å²) in [5, 5.41) is 0.848. The highest BCUT2D eigenvalue weighted by atomic mass is 32.2. The molecule has 0 spiro atoms. The van der Waals surface area contributed by atoms with Crippen molar-refractivity contribution in [3.05, 3.63) is 43.1 Å². The Balaban J connectivity index is 1.73. The van der Waals surface area contributed by atoms with E-state index in [9.17, 15) is 4.79 Å². The lowest BCUT2D eigenvalue weighted by Crippen LogP contribution is -2.36. The lowest BCUT2D eigenvalue weighted by molar-refractivity contribution is -0.129. The normalized spacial score (nSPS) is 14.3. The first-order valence-corrected chi connectivity index (χ1v) is 9.93. The molecule has 26 heavy (non-hydrogen) atoms. The maximum atomic E-state index is 12.4. The highest BCUT2D eigenvalue weighted by molar-refractivity contribution is 7.99. The van der Waals surface area contributed by atoms with E-state index < -0.39 is 0 Å². The summed E-state index contributed by atoms with van der Waals surface area (Å²) in [6, 6.07) is 7.91. The van der Waals surface area contributed by atoms with E-state index in [1.165, 1.54) is 18.2 Å². The monoisotopic (exact) mass is 371 g/mol. The summed E-state index contributed by atoms with van der Waals surface area (Å²) in [7, 11) is 1.66. The van der Waals surface area contributed by atoms with Gasteiger partial charge in [-0.25, -0.2) is 4.98 Å². The summed E-state index contributed by atoms with van der Waals surface area (Å²) in [6.45, 7) is 6.28. The number of hydrogen-bond acceptors (Lipinski definition) is 4. The molecular formula is C20H25N3O2S. The Labute approximate surface area is 159 Å². The van der Waals surface area contributed by atoms with E-state index in [2.05, 4.69) is 16.1 Å². The maximum absolute atomic E-state index is 12.4. The largest absolute Gasteiger partial charge is 0.497 e. The molecule has 1 aliphatic rings. The van der Waals surface area contributed by atoms with Crippen LogP contribution in [0.3, 0.4) is 0 Å². The van der Waals surface area contributed by atoms with Crippen molar-refractivity contribution in [1.82, 2.24) is 14.5 Å². The van der Waals surface area contributed by atoms with Gasteiger partial charge in [0.1, 0.15) is 5.75 Å². The van der Waals surface area contributed by atoms with Crippen LogP contribution in [0.4, 0.5) is 0 Å². The zero-order valence-corrected chi connectivity index (χ0v) is 16.0. The van der Waals surface area contributed by atoms with Gasteiger partial charge in [-0.15, -0.1) is 6.58 Å². The van der Waals surface area contributed by atoms with Gasteiger partial charge in [0.25, 0.3) is 0 Å². The van der Waals surface area contributed by atoms with Gasteiger partial charge in [0.2, 0.25) is 5.91 Å². The van der Waals surface area contributed by atoms with Crippen molar-refractivity contribution in [1.29, 1.82) is 0 Å². The van der Waals surface area contributed by atoms with Crippen molar-refractivity contribution in [3.8, 4) is 17.0 Å². The molecule has 0 radical (unpaired) electrons. The second kappa shape index (κ2) is 8.94. The number of aromatic nitrogens is 2. The molecule has 5 nitrogen and oxygen atoms in total. The molecule has 1 amide bonds. The summed E-state index contributed by atoms with van der Waals surface area (Å²) < 4.78 is 7.33. The number of carbonyl (C=O) groups is 1. The smallest absolute Gasteiger partial charge is 0.233 e. The van der Waals surface area contributed by atoms with Gasteiger partial charge >= 0.3 is 0 Å². The summed E-state index contributed by atoms with van der Waals surface area (Å²) >= 11 is 1.50. The zero-order chi connectivity index (χ0) is 18.4. The van der Waals surface area contributed by atoms with Crippen LogP contribution < -0.4 is 4.74 Å². The van der Waals surface area contributed by atoms with Crippen LogP contribution in [0, 0.1) is 0 Å². The van der Waals surface area contributed by atoms with Crippen molar-refractivity contribution < 1.29 is 9.53 Å². The molecule has 2 aromatic rings. The molecule has 1 aromatic carbocycles. The van der Waals surface area contributed by atoms with Crippen LogP contribution in [-0.2, 0) is 11.3 Å². The lowest BCUT2D eigenvalue weighted by atomic mass is 10.1. The van der Waals surface area contributed by atoms with Crippen molar-refractivity contribution in [2.45, 2.75) is 31.0 Å². The molecule has 3 rings (SSSR count). The van der Waals surface area contributed by atoms with Gasteiger partial charge in [-0.05, 0) is 43.5 Å². The Hall–Kier alpha value is -2.21. The van der Waals surface area contributed by atoms with Gasteiger partial charge in [0.05, 0.1) is 24.8 Å². The van der Waals surface area contributed by atoms with Gasteiger partial charge in [-0.1, -0.05) is 17.8 Å². The molecule has 1 saturated heterocycles. The number of imidazole rings is 1. The predicted molar refractivity (Wildman–Crippen MR) is 106 cm³/mol. The number of benzene rings is 1. The number of nitrogens with zero attached hydrogens (tertiary/aromatic N) is 3. The summed E-state index contributed by atoms with van der Waals surface area (Å²) in [5.74, 6) is 1.45. The number of allylic oxidation sites excluding steroid dienone is 1. The van der Waals surface area contributed by atoms with Crippen LogP contribution in [-0.4, -0.2) is 46.3 Å². The van der Waals surface area contributed by atoms with Gasteiger partial charge in [-0.2, -0.15) is 0 Å². The Morgan fingerprint density at radius 1 is 1.27 bits per heavy atom. The Bertz CT molecular complexity index is 749. The molecule has 0 atom stereocenters. The highest BCUT2D eigenvalue weighted by Crippen LogP contribution is 2.28. The van der Waals surface area contributed by atoms with Gasteiger partial charge in [-0.3, -0.25) is 4.79 Å². The standard InChI is InChI=1S/C20H25N3O2S/c1-3-11-23-18(16-7-9-17(25-2)10-8-16)14-21-20(23)26-15-19(24)22-12-5-4-6-13-22/h3,7-10,14H,1,4-6,11-13,15H2,2H3. The topological polar surface area (TPSA) is 47.4 Å². The Morgan fingerprint density at radius 2 is 2.00 bits per heavy atom. The quantitative estimate of drug-likeness (QED) is 0.548. The molecule has 1 aliphatic heterocycles. The third kappa shape index (κ3) is 4.30. The van der Waals surface area contributed by atoms with Crippen molar-refractivity contribution in [2.24, 2.45) is 0 Å². The maximum Gasteiger partial charge on any atom is 0.233 e. The number of likely N-dealkylation sites (tertiary alicyclic amines) is 1. The first-order valence-electron chi connectivity index (χ1n) is 8.94. The van der Waals surface area contributed by atoms with Crippen LogP contribution in [0.5, 0.6) is 5.75 Å². The van der Waals surface area contributed by atoms with E-state index in [1.807, 2.05) is 41.4 Å². The van der Waals surface area contributed by atoms with Gasteiger partial charge < -0.3 is 14.2 Å². The van der Waals surface area contributed by atoms with Crippen LogP contribution >= 0.6 is 11.8 Å². The van der Waals surface area contributed by atoms with Crippen LogP contribution in [0.25, 0.3) is 11.3 Å². The molecule has 138 valence electrons. The fourth-order valence-corrected chi connectivity index (χ4v) is 4.02. The summed E-state index contributed by atoms with van der Waals surface area (Å²) in [5.41, 5.74) is 2.08. The van der Waals surface area contributed by atoms with Crippen LogP contribution in [0.15, 0.2) is 48.3 Å². The fourth-order valence-electron chi connectivity index (χ4n) is 3.13. The molecule has 0 saturated carbocycles. The van der Waals surface area contributed by atoms with Crippen LogP contribution in [0.2, 0.25) is 0 Å². The molecule has 6 heteroatoms. The van der Waals surface area contributed by atoms with E-state index in [0.717, 1.165) is 48.1 Å². The number of hydrogen-bond donors (Lipinski definition) is 0.